The van der Waals surface area contributed by atoms with Crippen LogP contribution in [-0.4, -0.2) is 29.2 Å². The second-order valence-electron chi connectivity index (χ2n) is 6.84. The van der Waals surface area contributed by atoms with Gasteiger partial charge in [-0.3, -0.25) is 9.69 Å². The Morgan fingerprint density at radius 3 is 3.00 bits per heavy atom. The lowest BCUT2D eigenvalue weighted by Crippen LogP contribution is -2.29. The second-order valence-corrected chi connectivity index (χ2v) is 7.75. The Labute approximate surface area is 160 Å². The standard InChI is InChI=1S/C20H18N2O4S/c1-12(23)19-6-13(10-27-19)8-22-5-4-16-15(9-22)20(21-26-16)14-2-3-17-18(7-14)25-11-24-17/h2-3,6-7,10H,4-5,8-9,11H2,1H3. The molecule has 27 heavy (non-hydrogen) atoms. The summed E-state index contributed by atoms with van der Waals surface area (Å²) in [4.78, 5) is 14.7. The highest BCUT2D eigenvalue weighted by molar-refractivity contribution is 7.12. The fourth-order valence-corrected chi connectivity index (χ4v) is 4.38. The molecule has 0 bridgehead atoms. The summed E-state index contributed by atoms with van der Waals surface area (Å²) in [6, 6.07) is 7.85. The summed E-state index contributed by atoms with van der Waals surface area (Å²) in [6.07, 6.45) is 0.830. The molecule has 4 heterocycles. The highest BCUT2D eigenvalue weighted by Crippen LogP contribution is 2.38. The van der Waals surface area contributed by atoms with E-state index in [9.17, 15) is 4.79 Å². The van der Waals surface area contributed by atoms with E-state index >= 15 is 0 Å². The Hall–Kier alpha value is -2.64. The summed E-state index contributed by atoms with van der Waals surface area (Å²) in [6.45, 7) is 4.36. The van der Waals surface area contributed by atoms with Crippen LogP contribution in [0.2, 0.25) is 0 Å². The van der Waals surface area contributed by atoms with Gasteiger partial charge in [-0.2, -0.15) is 0 Å². The number of hydrogen-bond acceptors (Lipinski definition) is 7. The summed E-state index contributed by atoms with van der Waals surface area (Å²) >= 11 is 1.51. The van der Waals surface area contributed by atoms with Crippen molar-refractivity contribution in [3.63, 3.8) is 0 Å². The lowest BCUT2D eigenvalue weighted by atomic mass is 10.0. The van der Waals surface area contributed by atoms with Crippen LogP contribution in [0.5, 0.6) is 11.5 Å². The average molecular weight is 382 g/mol. The first-order valence-electron chi connectivity index (χ1n) is 8.85. The van der Waals surface area contributed by atoms with Crippen molar-refractivity contribution in [1.82, 2.24) is 10.1 Å². The molecule has 2 aliphatic heterocycles. The number of fused-ring (bicyclic) bond motifs is 2. The maximum absolute atomic E-state index is 11.5. The molecule has 0 fully saturated rings. The van der Waals surface area contributed by atoms with E-state index in [0.717, 1.165) is 65.0 Å². The predicted molar refractivity (Wildman–Crippen MR) is 100 cm³/mol. The molecule has 3 aromatic rings. The molecule has 2 aromatic heterocycles. The minimum Gasteiger partial charge on any atom is -0.454 e. The Morgan fingerprint density at radius 2 is 2.15 bits per heavy atom. The molecule has 7 heteroatoms. The van der Waals surface area contributed by atoms with Crippen LogP contribution in [0.15, 0.2) is 34.2 Å². The number of carbonyl (C=O) groups excluding carboxylic acids is 1. The zero-order valence-corrected chi connectivity index (χ0v) is 15.7. The second kappa shape index (κ2) is 6.51. The van der Waals surface area contributed by atoms with E-state index in [1.54, 1.807) is 6.92 Å². The first kappa shape index (κ1) is 16.5. The Kier molecular flexibility index (Phi) is 3.98. The van der Waals surface area contributed by atoms with Gasteiger partial charge in [0.2, 0.25) is 6.79 Å². The van der Waals surface area contributed by atoms with Crippen LogP contribution >= 0.6 is 11.3 Å². The van der Waals surface area contributed by atoms with Gasteiger partial charge in [0.05, 0.1) is 4.88 Å². The van der Waals surface area contributed by atoms with Gasteiger partial charge in [-0.1, -0.05) is 5.16 Å². The van der Waals surface area contributed by atoms with Crippen molar-refractivity contribution < 1.29 is 18.8 Å². The van der Waals surface area contributed by atoms with E-state index < -0.39 is 0 Å². The van der Waals surface area contributed by atoms with Crippen LogP contribution in [0.4, 0.5) is 0 Å². The average Bonchev–Trinajstić information content (AvgIpc) is 3.40. The van der Waals surface area contributed by atoms with Gasteiger partial charge < -0.3 is 14.0 Å². The third-order valence-corrected chi connectivity index (χ3v) is 6.04. The van der Waals surface area contributed by atoms with Crippen LogP contribution in [0, 0.1) is 0 Å². The number of Topliss-reactive ketones (excluding diaryl/α,β-unsaturated/α-hetero) is 1. The van der Waals surface area contributed by atoms with Gasteiger partial charge in [0.15, 0.2) is 17.3 Å². The minimum atomic E-state index is 0.122. The number of thiophene rings is 1. The molecule has 0 aliphatic carbocycles. The fourth-order valence-electron chi connectivity index (χ4n) is 3.57. The molecule has 6 nitrogen and oxygen atoms in total. The Balaban J connectivity index is 1.39. The smallest absolute Gasteiger partial charge is 0.231 e. The Morgan fingerprint density at radius 1 is 1.26 bits per heavy atom. The SMILES string of the molecule is CC(=O)c1cc(CN2CCc3onc(-c4ccc5c(c4)OCO5)c3C2)cs1. The van der Waals surface area contributed by atoms with Crippen molar-refractivity contribution in [1.29, 1.82) is 0 Å². The number of ether oxygens (including phenoxy) is 2. The van der Waals surface area contributed by atoms with Gasteiger partial charge in [0.25, 0.3) is 0 Å². The van der Waals surface area contributed by atoms with E-state index in [1.165, 1.54) is 16.9 Å². The lowest BCUT2D eigenvalue weighted by molar-refractivity contribution is 0.102. The van der Waals surface area contributed by atoms with Crippen molar-refractivity contribution in [2.24, 2.45) is 0 Å². The third kappa shape index (κ3) is 3.02. The number of benzene rings is 1. The molecule has 138 valence electrons. The third-order valence-electron chi connectivity index (χ3n) is 4.96. The molecule has 1 aromatic carbocycles. The van der Waals surface area contributed by atoms with Crippen molar-refractivity contribution in [2.75, 3.05) is 13.3 Å². The predicted octanol–water partition coefficient (Wildman–Crippen LogP) is 3.89. The molecule has 0 N–H and O–H groups in total. The Bertz CT molecular complexity index is 1020. The summed E-state index contributed by atoms with van der Waals surface area (Å²) in [5.41, 5.74) is 4.14. The summed E-state index contributed by atoms with van der Waals surface area (Å²) < 4.78 is 16.5. The molecule has 0 saturated carbocycles. The van der Waals surface area contributed by atoms with Crippen LogP contribution in [-0.2, 0) is 19.5 Å². The van der Waals surface area contributed by atoms with Crippen LogP contribution in [0.3, 0.4) is 0 Å². The molecule has 0 amide bonds. The topological polar surface area (TPSA) is 64.8 Å². The molecule has 0 radical (unpaired) electrons. The van der Waals surface area contributed by atoms with Crippen LogP contribution in [0.1, 0.15) is 33.5 Å². The molecule has 0 saturated heterocycles. The summed E-state index contributed by atoms with van der Waals surface area (Å²) in [5, 5.41) is 6.39. The largest absolute Gasteiger partial charge is 0.454 e. The van der Waals surface area contributed by atoms with E-state index in [1.807, 2.05) is 24.3 Å². The van der Waals surface area contributed by atoms with Gasteiger partial charge in [0.1, 0.15) is 11.5 Å². The summed E-state index contributed by atoms with van der Waals surface area (Å²) in [5.74, 6) is 2.58. The van der Waals surface area contributed by atoms with E-state index in [4.69, 9.17) is 14.0 Å². The number of rotatable bonds is 4. The van der Waals surface area contributed by atoms with Gasteiger partial charge in [0, 0.05) is 37.2 Å². The van der Waals surface area contributed by atoms with Gasteiger partial charge in [-0.25, -0.2) is 0 Å². The van der Waals surface area contributed by atoms with E-state index in [2.05, 4.69) is 15.4 Å². The van der Waals surface area contributed by atoms with Gasteiger partial charge >= 0.3 is 0 Å². The quantitative estimate of drug-likeness (QED) is 0.638. The number of carbonyl (C=O) groups is 1. The normalized spacial score (nSPS) is 15.7. The van der Waals surface area contributed by atoms with Crippen molar-refractivity contribution in [2.45, 2.75) is 26.4 Å². The van der Waals surface area contributed by atoms with Gasteiger partial charge in [-0.15, -0.1) is 11.3 Å². The van der Waals surface area contributed by atoms with E-state index in [-0.39, 0.29) is 12.6 Å². The summed E-state index contributed by atoms with van der Waals surface area (Å²) in [7, 11) is 0. The van der Waals surface area contributed by atoms with Crippen LogP contribution in [0.25, 0.3) is 11.3 Å². The highest BCUT2D eigenvalue weighted by Gasteiger charge is 2.26. The van der Waals surface area contributed by atoms with Gasteiger partial charge in [-0.05, 0) is 42.1 Å². The molecule has 2 aliphatic rings. The van der Waals surface area contributed by atoms with E-state index in [0.29, 0.717) is 0 Å². The fraction of sp³-hybridized carbons (Fsp3) is 0.300. The van der Waals surface area contributed by atoms with Crippen molar-refractivity contribution >= 4 is 17.1 Å². The maximum Gasteiger partial charge on any atom is 0.231 e. The zero-order chi connectivity index (χ0) is 18.4. The maximum atomic E-state index is 11.5. The highest BCUT2D eigenvalue weighted by atomic mass is 32.1. The zero-order valence-electron chi connectivity index (χ0n) is 14.9. The van der Waals surface area contributed by atoms with Crippen molar-refractivity contribution in [3.05, 3.63) is 51.4 Å². The number of aromatic nitrogens is 1. The molecular weight excluding hydrogens is 364 g/mol. The first-order valence-corrected chi connectivity index (χ1v) is 9.73. The first-order chi connectivity index (χ1) is 13.2. The number of ketones is 1. The molecule has 0 atom stereocenters. The molecule has 5 rings (SSSR count). The molecule has 0 spiro atoms. The lowest BCUT2D eigenvalue weighted by Gasteiger charge is -2.25. The number of nitrogens with zero attached hydrogens (tertiary/aromatic N) is 2. The van der Waals surface area contributed by atoms with Crippen molar-refractivity contribution in [3.8, 4) is 22.8 Å². The number of hydrogen-bond donors (Lipinski definition) is 0. The molecular formula is C20H18N2O4S. The molecule has 0 unspecified atom stereocenters. The monoisotopic (exact) mass is 382 g/mol. The van der Waals surface area contributed by atoms with Crippen LogP contribution < -0.4 is 9.47 Å². The minimum absolute atomic E-state index is 0.122.